The third-order valence-electron chi connectivity index (χ3n) is 4.63. The van der Waals surface area contributed by atoms with Gasteiger partial charge in [-0.3, -0.25) is 0 Å². The summed E-state index contributed by atoms with van der Waals surface area (Å²) >= 11 is 0. The molecule has 0 saturated carbocycles. The molecule has 1 aliphatic heterocycles. The molecular formula is C17H17FN4O2S. The second-order valence-corrected chi connectivity index (χ2v) is 8.12. The highest BCUT2D eigenvalue weighted by Crippen LogP contribution is 2.31. The minimum atomic E-state index is -3.63. The van der Waals surface area contributed by atoms with Crippen molar-refractivity contribution < 1.29 is 12.8 Å². The molecule has 1 atom stereocenters. The van der Waals surface area contributed by atoms with Crippen LogP contribution in [0.1, 0.15) is 18.2 Å². The number of imidazole rings is 1. The third kappa shape index (κ3) is 2.71. The predicted molar refractivity (Wildman–Crippen MR) is 91.0 cm³/mol. The molecule has 3 heterocycles. The number of sulfonamides is 1. The number of nitrogens with zero attached hydrogens (tertiary/aromatic N) is 4. The summed E-state index contributed by atoms with van der Waals surface area (Å²) in [6.45, 7) is 0.776. The van der Waals surface area contributed by atoms with E-state index in [4.69, 9.17) is 0 Å². The molecule has 0 radical (unpaired) electrons. The van der Waals surface area contributed by atoms with Gasteiger partial charge in [0.15, 0.2) is 5.65 Å². The molecule has 130 valence electrons. The number of benzene rings is 1. The molecule has 0 aliphatic carbocycles. The van der Waals surface area contributed by atoms with E-state index in [0.29, 0.717) is 19.5 Å². The van der Waals surface area contributed by atoms with Crippen molar-refractivity contribution in [3.05, 3.63) is 54.2 Å². The lowest BCUT2D eigenvalue weighted by molar-refractivity contribution is 0.470. The summed E-state index contributed by atoms with van der Waals surface area (Å²) in [4.78, 5) is 9.07. The Kier molecular flexibility index (Phi) is 3.81. The SMILES string of the molecule is Cn1c([C@@H]2CCN(S(=O)(=O)c3ccc(F)cc3)C2)nc2cccnc21. The topological polar surface area (TPSA) is 68.1 Å². The average molecular weight is 360 g/mol. The van der Waals surface area contributed by atoms with Crippen LogP contribution in [0.5, 0.6) is 0 Å². The fourth-order valence-corrected chi connectivity index (χ4v) is 4.82. The van der Waals surface area contributed by atoms with Crippen LogP contribution in [-0.2, 0) is 17.1 Å². The first-order chi connectivity index (χ1) is 12.0. The van der Waals surface area contributed by atoms with Crippen LogP contribution in [0.4, 0.5) is 4.39 Å². The molecule has 0 N–H and O–H groups in total. The second kappa shape index (κ2) is 5.89. The van der Waals surface area contributed by atoms with Crippen molar-refractivity contribution in [3.63, 3.8) is 0 Å². The Balaban J connectivity index is 1.62. The Bertz CT molecular complexity index is 1030. The van der Waals surface area contributed by atoms with Crippen molar-refractivity contribution in [1.82, 2.24) is 18.8 Å². The van der Waals surface area contributed by atoms with Crippen LogP contribution >= 0.6 is 0 Å². The molecule has 8 heteroatoms. The van der Waals surface area contributed by atoms with E-state index in [1.54, 1.807) is 6.20 Å². The Morgan fingerprint density at radius 3 is 2.68 bits per heavy atom. The number of hydrogen-bond donors (Lipinski definition) is 0. The Labute approximate surface area is 145 Å². The van der Waals surface area contributed by atoms with Crippen LogP contribution in [-0.4, -0.2) is 40.3 Å². The molecular weight excluding hydrogens is 343 g/mol. The molecule has 1 aromatic carbocycles. The maximum Gasteiger partial charge on any atom is 0.243 e. The van der Waals surface area contributed by atoms with Crippen molar-refractivity contribution in [3.8, 4) is 0 Å². The van der Waals surface area contributed by atoms with E-state index in [-0.39, 0.29) is 10.8 Å². The quantitative estimate of drug-likeness (QED) is 0.719. The van der Waals surface area contributed by atoms with E-state index < -0.39 is 15.8 Å². The highest BCUT2D eigenvalue weighted by Gasteiger charge is 2.35. The molecule has 1 fully saturated rings. The number of hydrogen-bond acceptors (Lipinski definition) is 4. The molecule has 1 saturated heterocycles. The van der Waals surface area contributed by atoms with Gasteiger partial charge in [0.25, 0.3) is 0 Å². The summed E-state index contributed by atoms with van der Waals surface area (Å²) in [7, 11) is -1.73. The van der Waals surface area contributed by atoms with Gasteiger partial charge < -0.3 is 4.57 Å². The average Bonchev–Trinajstić information content (AvgIpc) is 3.21. The molecule has 0 amide bonds. The van der Waals surface area contributed by atoms with Crippen LogP contribution in [0, 0.1) is 5.82 Å². The fraction of sp³-hybridized carbons (Fsp3) is 0.294. The van der Waals surface area contributed by atoms with Gasteiger partial charge in [-0.05, 0) is 42.8 Å². The molecule has 4 rings (SSSR count). The van der Waals surface area contributed by atoms with Gasteiger partial charge >= 0.3 is 0 Å². The number of fused-ring (bicyclic) bond motifs is 1. The standard InChI is InChI=1S/C17H17FN4O2S/c1-21-16(20-15-3-2-9-19-17(15)21)12-8-10-22(11-12)25(23,24)14-6-4-13(18)5-7-14/h2-7,9,12H,8,10-11H2,1H3/t12-/m1/s1. The largest absolute Gasteiger partial charge is 0.316 e. The van der Waals surface area contributed by atoms with Crippen LogP contribution in [0.25, 0.3) is 11.2 Å². The molecule has 6 nitrogen and oxygen atoms in total. The summed E-state index contributed by atoms with van der Waals surface area (Å²) in [5.41, 5.74) is 1.59. The van der Waals surface area contributed by atoms with Crippen LogP contribution in [0.15, 0.2) is 47.5 Å². The summed E-state index contributed by atoms with van der Waals surface area (Å²) in [5, 5.41) is 0. The van der Waals surface area contributed by atoms with E-state index in [1.807, 2.05) is 23.7 Å². The molecule has 0 spiro atoms. The van der Waals surface area contributed by atoms with Gasteiger partial charge in [0.05, 0.1) is 4.90 Å². The van der Waals surface area contributed by atoms with Gasteiger partial charge in [0, 0.05) is 32.3 Å². The highest BCUT2D eigenvalue weighted by atomic mass is 32.2. The number of aromatic nitrogens is 3. The first-order valence-electron chi connectivity index (χ1n) is 8.00. The fourth-order valence-electron chi connectivity index (χ4n) is 3.32. The first kappa shape index (κ1) is 16.2. The Morgan fingerprint density at radius 1 is 1.20 bits per heavy atom. The van der Waals surface area contributed by atoms with Gasteiger partial charge in [-0.1, -0.05) is 0 Å². The number of aryl methyl sites for hydroxylation is 1. The third-order valence-corrected chi connectivity index (χ3v) is 6.51. The summed E-state index contributed by atoms with van der Waals surface area (Å²) in [6, 6.07) is 8.66. The van der Waals surface area contributed by atoms with Gasteiger partial charge in [0.1, 0.15) is 17.2 Å². The highest BCUT2D eigenvalue weighted by molar-refractivity contribution is 7.89. The zero-order valence-corrected chi connectivity index (χ0v) is 14.4. The smallest absolute Gasteiger partial charge is 0.243 e. The number of halogens is 1. The van der Waals surface area contributed by atoms with Crippen molar-refractivity contribution in [2.75, 3.05) is 13.1 Å². The monoisotopic (exact) mass is 360 g/mol. The zero-order chi connectivity index (χ0) is 17.6. The normalized spacial score (nSPS) is 18.9. The molecule has 2 aromatic heterocycles. The minimum absolute atomic E-state index is 0.00873. The van der Waals surface area contributed by atoms with Crippen molar-refractivity contribution in [2.24, 2.45) is 7.05 Å². The maximum atomic E-state index is 13.1. The van der Waals surface area contributed by atoms with Crippen LogP contribution in [0.2, 0.25) is 0 Å². The molecule has 1 aliphatic rings. The molecule has 3 aromatic rings. The van der Waals surface area contributed by atoms with Crippen LogP contribution < -0.4 is 0 Å². The minimum Gasteiger partial charge on any atom is -0.316 e. The van der Waals surface area contributed by atoms with Gasteiger partial charge in [-0.15, -0.1) is 0 Å². The maximum absolute atomic E-state index is 13.1. The van der Waals surface area contributed by atoms with E-state index in [9.17, 15) is 12.8 Å². The van der Waals surface area contributed by atoms with Crippen molar-refractivity contribution >= 4 is 21.2 Å². The van der Waals surface area contributed by atoms with Gasteiger partial charge in [0.2, 0.25) is 10.0 Å². The number of rotatable bonds is 3. The van der Waals surface area contributed by atoms with Crippen LogP contribution in [0.3, 0.4) is 0 Å². The van der Waals surface area contributed by atoms with E-state index in [1.165, 1.54) is 16.4 Å². The summed E-state index contributed by atoms with van der Waals surface area (Å²) in [6.07, 6.45) is 2.41. The molecule has 25 heavy (non-hydrogen) atoms. The summed E-state index contributed by atoms with van der Waals surface area (Å²) in [5.74, 6) is 0.394. The zero-order valence-electron chi connectivity index (χ0n) is 13.6. The molecule has 0 bridgehead atoms. The summed E-state index contributed by atoms with van der Waals surface area (Å²) < 4.78 is 41.9. The second-order valence-electron chi connectivity index (χ2n) is 6.18. The predicted octanol–water partition coefficient (Wildman–Crippen LogP) is 2.29. The number of pyridine rings is 1. The van der Waals surface area contributed by atoms with Crippen molar-refractivity contribution in [1.29, 1.82) is 0 Å². The first-order valence-corrected chi connectivity index (χ1v) is 9.44. The van der Waals surface area contributed by atoms with Gasteiger partial charge in [-0.25, -0.2) is 22.8 Å². The van der Waals surface area contributed by atoms with Crippen molar-refractivity contribution in [2.45, 2.75) is 17.2 Å². The van der Waals surface area contributed by atoms with E-state index in [2.05, 4.69) is 9.97 Å². The lowest BCUT2D eigenvalue weighted by Gasteiger charge is -2.16. The van der Waals surface area contributed by atoms with E-state index >= 15 is 0 Å². The molecule has 0 unspecified atom stereocenters. The Hall–Kier alpha value is -2.32. The lowest BCUT2D eigenvalue weighted by Crippen LogP contribution is -2.29. The Morgan fingerprint density at radius 2 is 1.96 bits per heavy atom. The van der Waals surface area contributed by atoms with Gasteiger partial charge in [-0.2, -0.15) is 4.31 Å². The lowest BCUT2D eigenvalue weighted by atomic mass is 10.1. The van der Waals surface area contributed by atoms with E-state index in [0.717, 1.165) is 29.1 Å².